The highest BCUT2D eigenvalue weighted by Crippen LogP contribution is 2.31. The van der Waals surface area contributed by atoms with E-state index in [0.717, 1.165) is 6.07 Å². The Hall–Kier alpha value is -1.61. The minimum Gasteiger partial charge on any atom is -0.390 e. The Bertz CT molecular complexity index is 506. The highest BCUT2D eigenvalue weighted by atomic mass is 19.4. The normalized spacial score (nSPS) is 23.8. The molecule has 0 spiro atoms. The number of hydrogen-bond donors (Lipinski definition) is 3. The monoisotopic (exact) mass is 305 g/mol. The molecule has 1 fully saturated rings. The molecule has 4 N–H and O–H groups in total. The lowest BCUT2D eigenvalue weighted by Crippen LogP contribution is -2.29. The van der Waals surface area contributed by atoms with Crippen LogP contribution in [0.1, 0.15) is 31.9 Å². The molecule has 0 aromatic carbocycles. The van der Waals surface area contributed by atoms with E-state index in [1.807, 2.05) is 0 Å². The second kappa shape index (κ2) is 5.64. The molecule has 1 unspecified atom stereocenters. The molecule has 0 amide bonds. The molecule has 1 saturated heterocycles. The van der Waals surface area contributed by atoms with Crippen molar-refractivity contribution in [3.63, 3.8) is 0 Å². The molecule has 1 aromatic rings. The van der Waals surface area contributed by atoms with Crippen molar-refractivity contribution in [1.29, 1.82) is 0 Å². The Morgan fingerprint density at radius 3 is 2.67 bits per heavy atom. The fraction of sp³-hybridized carbons (Fsp3) is 0.667. The fourth-order valence-electron chi connectivity index (χ4n) is 2.30. The lowest BCUT2D eigenvalue weighted by molar-refractivity contribution is -0.141. The number of aliphatic hydroxyl groups is 1. The maximum atomic E-state index is 12.8. The molecule has 2 rings (SSSR count). The van der Waals surface area contributed by atoms with Crippen LogP contribution in [0.25, 0.3) is 0 Å². The maximum absolute atomic E-state index is 12.8. The molecule has 1 aromatic heterocycles. The minimum absolute atomic E-state index is 0.156. The van der Waals surface area contributed by atoms with Gasteiger partial charge < -0.3 is 10.0 Å². The van der Waals surface area contributed by atoms with Gasteiger partial charge in [-0.05, 0) is 26.2 Å². The molecule has 2 heterocycles. The molecule has 1 aliphatic heterocycles. The smallest absolute Gasteiger partial charge is 0.390 e. The SMILES string of the molecule is CC1(O)CCCN(c2cc(C(F)(F)F)nc(NN)n2)CC1. The van der Waals surface area contributed by atoms with E-state index in [4.69, 9.17) is 5.84 Å². The van der Waals surface area contributed by atoms with Crippen LogP contribution < -0.4 is 16.2 Å². The molecule has 0 bridgehead atoms. The second-order valence-corrected chi connectivity index (χ2v) is 5.41. The summed E-state index contributed by atoms with van der Waals surface area (Å²) in [7, 11) is 0. The highest BCUT2D eigenvalue weighted by Gasteiger charge is 2.34. The number of nitrogens with zero attached hydrogens (tertiary/aromatic N) is 3. The number of aromatic nitrogens is 2. The molecule has 0 saturated carbocycles. The van der Waals surface area contributed by atoms with E-state index < -0.39 is 17.5 Å². The van der Waals surface area contributed by atoms with E-state index in [1.54, 1.807) is 11.8 Å². The van der Waals surface area contributed by atoms with Crippen molar-refractivity contribution in [3.05, 3.63) is 11.8 Å². The van der Waals surface area contributed by atoms with Gasteiger partial charge in [-0.25, -0.2) is 10.8 Å². The number of hydrogen-bond acceptors (Lipinski definition) is 6. The van der Waals surface area contributed by atoms with Crippen LogP contribution in [0.2, 0.25) is 0 Å². The number of nitrogens with one attached hydrogen (secondary N) is 1. The predicted molar refractivity (Wildman–Crippen MR) is 71.5 cm³/mol. The van der Waals surface area contributed by atoms with Crippen molar-refractivity contribution in [2.75, 3.05) is 23.4 Å². The third-order valence-corrected chi connectivity index (χ3v) is 3.52. The van der Waals surface area contributed by atoms with Crippen LogP contribution in [-0.2, 0) is 6.18 Å². The van der Waals surface area contributed by atoms with Crippen LogP contribution in [-0.4, -0.2) is 33.8 Å². The summed E-state index contributed by atoms with van der Waals surface area (Å²) in [6.45, 7) is 2.67. The summed E-state index contributed by atoms with van der Waals surface area (Å²) in [4.78, 5) is 9.00. The molecule has 0 radical (unpaired) electrons. The Morgan fingerprint density at radius 1 is 1.33 bits per heavy atom. The first kappa shape index (κ1) is 15.8. The number of nitrogen functional groups attached to an aromatic ring is 1. The first-order chi connectivity index (χ1) is 9.71. The van der Waals surface area contributed by atoms with Gasteiger partial charge in [-0.1, -0.05) is 0 Å². The number of halogens is 3. The third kappa shape index (κ3) is 3.94. The summed E-state index contributed by atoms with van der Waals surface area (Å²) >= 11 is 0. The van der Waals surface area contributed by atoms with Crippen LogP contribution >= 0.6 is 0 Å². The van der Waals surface area contributed by atoms with Crippen LogP contribution in [0.3, 0.4) is 0 Å². The summed E-state index contributed by atoms with van der Waals surface area (Å²) in [5.41, 5.74) is 0.206. The van der Waals surface area contributed by atoms with Crippen molar-refractivity contribution in [1.82, 2.24) is 9.97 Å². The number of alkyl halides is 3. The number of nitrogens with two attached hydrogens (primary N) is 1. The second-order valence-electron chi connectivity index (χ2n) is 5.41. The quantitative estimate of drug-likeness (QED) is 0.567. The van der Waals surface area contributed by atoms with Crippen molar-refractivity contribution in [2.45, 2.75) is 38.0 Å². The molecule has 9 heteroatoms. The number of hydrazine groups is 1. The largest absolute Gasteiger partial charge is 0.433 e. The topological polar surface area (TPSA) is 87.3 Å². The Labute approximate surface area is 120 Å². The van der Waals surface area contributed by atoms with Crippen LogP contribution in [0.4, 0.5) is 24.9 Å². The van der Waals surface area contributed by atoms with Crippen molar-refractivity contribution in [3.8, 4) is 0 Å². The Kier molecular flexibility index (Phi) is 4.24. The van der Waals surface area contributed by atoms with Gasteiger partial charge in [0.1, 0.15) is 5.82 Å². The van der Waals surface area contributed by atoms with E-state index >= 15 is 0 Å². The van der Waals surface area contributed by atoms with E-state index in [0.29, 0.717) is 32.4 Å². The number of rotatable bonds is 2. The van der Waals surface area contributed by atoms with E-state index in [9.17, 15) is 18.3 Å². The fourth-order valence-corrected chi connectivity index (χ4v) is 2.30. The van der Waals surface area contributed by atoms with Gasteiger partial charge in [-0.2, -0.15) is 18.2 Å². The van der Waals surface area contributed by atoms with Gasteiger partial charge in [-0.3, -0.25) is 5.43 Å². The van der Waals surface area contributed by atoms with Crippen LogP contribution in [0, 0.1) is 0 Å². The molecular weight excluding hydrogens is 287 g/mol. The van der Waals surface area contributed by atoms with Gasteiger partial charge in [0.05, 0.1) is 5.60 Å². The van der Waals surface area contributed by atoms with Gasteiger partial charge in [0.15, 0.2) is 5.69 Å². The van der Waals surface area contributed by atoms with Gasteiger partial charge in [-0.15, -0.1) is 0 Å². The first-order valence-corrected chi connectivity index (χ1v) is 6.61. The summed E-state index contributed by atoms with van der Waals surface area (Å²) in [6, 6.07) is 0.904. The van der Waals surface area contributed by atoms with Gasteiger partial charge in [0.2, 0.25) is 5.95 Å². The van der Waals surface area contributed by atoms with Crippen LogP contribution in [0.5, 0.6) is 0 Å². The maximum Gasteiger partial charge on any atom is 0.433 e. The standard InChI is InChI=1S/C12H18F3N5O/c1-11(21)3-2-5-20(6-4-11)9-7-8(12(13,14)15)17-10(18-9)19-16/h7,21H,2-6,16H2,1H3,(H,17,18,19). The zero-order chi connectivity index (χ0) is 15.7. The zero-order valence-electron chi connectivity index (χ0n) is 11.6. The van der Waals surface area contributed by atoms with E-state index in [2.05, 4.69) is 15.4 Å². The Morgan fingerprint density at radius 2 is 2.05 bits per heavy atom. The molecule has 118 valence electrons. The summed E-state index contributed by atoms with van der Waals surface area (Å²) in [6.07, 6.45) is -2.84. The lowest BCUT2D eigenvalue weighted by atomic mass is 9.98. The lowest BCUT2D eigenvalue weighted by Gasteiger charge is -2.24. The molecule has 1 atom stereocenters. The minimum atomic E-state index is -4.57. The van der Waals surface area contributed by atoms with E-state index in [-0.39, 0.29) is 11.8 Å². The average Bonchev–Trinajstić information content (AvgIpc) is 2.58. The predicted octanol–water partition coefficient (Wildman–Crippen LogP) is 1.52. The summed E-state index contributed by atoms with van der Waals surface area (Å²) in [5, 5.41) is 10.0. The van der Waals surface area contributed by atoms with Crippen LogP contribution in [0.15, 0.2) is 6.07 Å². The van der Waals surface area contributed by atoms with E-state index in [1.165, 1.54) is 0 Å². The summed E-state index contributed by atoms with van der Waals surface area (Å²) < 4.78 is 38.5. The Balaban J connectivity index is 2.30. The average molecular weight is 305 g/mol. The van der Waals surface area contributed by atoms with Gasteiger partial charge in [0.25, 0.3) is 0 Å². The molecule has 0 aliphatic carbocycles. The molecule has 21 heavy (non-hydrogen) atoms. The third-order valence-electron chi connectivity index (χ3n) is 3.52. The molecule has 1 aliphatic rings. The van der Waals surface area contributed by atoms with Gasteiger partial charge >= 0.3 is 6.18 Å². The van der Waals surface area contributed by atoms with Crippen molar-refractivity contribution < 1.29 is 18.3 Å². The first-order valence-electron chi connectivity index (χ1n) is 6.61. The molecule has 6 nitrogen and oxygen atoms in total. The van der Waals surface area contributed by atoms with Gasteiger partial charge in [0, 0.05) is 19.2 Å². The highest BCUT2D eigenvalue weighted by molar-refractivity contribution is 5.45. The molecular formula is C12H18F3N5O. The van der Waals surface area contributed by atoms with Crippen molar-refractivity contribution >= 4 is 11.8 Å². The zero-order valence-corrected chi connectivity index (χ0v) is 11.6. The summed E-state index contributed by atoms with van der Waals surface area (Å²) in [5.74, 6) is 5.01. The number of anilines is 2. The van der Waals surface area contributed by atoms with Crippen molar-refractivity contribution in [2.24, 2.45) is 5.84 Å².